The number of nitrogens with zero attached hydrogens (tertiary/aromatic N) is 1. The van der Waals surface area contributed by atoms with Gasteiger partial charge in [0.05, 0.1) is 0 Å². The molecule has 1 aromatic heterocycles. The summed E-state index contributed by atoms with van der Waals surface area (Å²) in [5.74, 6) is 0.346. The molecule has 1 heterocycles. The maximum atomic E-state index is 10.1. The van der Waals surface area contributed by atoms with Crippen LogP contribution in [0.2, 0.25) is 0 Å². The van der Waals surface area contributed by atoms with Crippen LogP contribution >= 0.6 is 8.25 Å². The molecule has 4 nitrogen and oxygen atoms in total. The largest absolute Gasteiger partial charge is 0.747 e. The Bertz CT molecular complexity index is 226. The van der Waals surface area contributed by atoms with Crippen molar-refractivity contribution in [1.29, 1.82) is 0 Å². The minimum atomic E-state index is -2.55. The van der Waals surface area contributed by atoms with Crippen molar-refractivity contribution in [1.82, 2.24) is 4.98 Å². The summed E-state index contributed by atoms with van der Waals surface area (Å²) in [6, 6.07) is 3.01. The molecular formula is C5H5NO3P+. The van der Waals surface area contributed by atoms with E-state index in [0.29, 0.717) is 5.75 Å². The topological polar surface area (TPSA) is 59.4 Å². The first-order valence-corrected chi connectivity index (χ1v) is 3.66. The first kappa shape index (κ1) is 7.12. The summed E-state index contributed by atoms with van der Waals surface area (Å²) in [5, 5.41) is 0. The van der Waals surface area contributed by atoms with Gasteiger partial charge in [0, 0.05) is 29.1 Å². The highest BCUT2D eigenvalue weighted by molar-refractivity contribution is 7.32. The van der Waals surface area contributed by atoms with Crippen molar-refractivity contribution < 1.29 is 14.0 Å². The van der Waals surface area contributed by atoms with Crippen LogP contribution in [0.3, 0.4) is 0 Å². The summed E-state index contributed by atoms with van der Waals surface area (Å²) < 4.78 is 14.5. The molecule has 0 bridgehead atoms. The van der Waals surface area contributed by atoms with Crippen LogP contribution in [-0.2, 0) is 4.57 Å². The van der Waals surface area contributed by atoms with Crippen LogP contribution in [0.4, 0.5) is 0 Å². The summed E-state index contributed by atoms with van der Waals surface area (Å²) >= 11 is 0. The van der Waals surface area contributed by atoms with Crippen LogP contribution in [0.25, 0.3) is 0 Å². The van der Waals surface area contributed by atoms with E-state index in [4.69, 9.17) is 4.89 Å². The van der Waals surface area contributed by atoms with Crippen molar-refractivity contribution in [2.45, 2.75) is 0 Å². The van der Waals surface area contributed by atoms with E-state index in [2.05, 4.69) is 9.51 Å². The lowest BCUT2D eigenvalue weighted by atomic mass is 10.5. The maximum absolute atomic E-state index is 10.1. The molecule has 1 rings (SSSR count). The Labute approximate surface area is 58.4 Å². The standard InChI is InChI=1S/C5H4NO3P/c7-10(8)9-5-1-3-6-4-2-5/h1-4H/p+1. The predicted octanol–water partition coefficient (Wildman–Crippen LogP) is 1.11. The van der Waals surface area contributed by atoms with Crippen molar-refractivity contribution >= 4 is 8.25 Å². The molecule has 0 saturated heterocycles. The van der Waals surface area contributed by atoms with E-state index in [1.54, 1.807) is 0 Å². The molecule has 1 atom stereocenters. The molecule has 0 aliphatic heterocycles. The van der Waals surface area contributed by atoms with Gasteiger partial charge in [-0.2, -0.15) is 0 Å². The SMILES string of the molecule is O=[P+](O)Oc1ccncc1. The van der Waals surface area contributed by atoms with Crippen LogP contribution in [0.15, 0.2) is 24.5 Å². The number of pyridine rings is 1. The smallest absolute Gasteiger partial charge is 0.264 e. The lowest BCUT2D eigenvalue weighted by Crippen LogP contribution is -1.78. The highest BCUT2D eigenvalue weighted by atomic mass is 31.1. The molecular weight excluding hydrogens is 153 g/mol. The van der Waals surface area contributed by atoms with E-state index in [9.17, 15) is 4.57 Å². The second-order valence-corrected chi connectivity index (χ2v) is 2.17. The zero-order valence-corrected chi connectivity index (χ0v) is 5.86. The maximum Gasteiger partial charge on any atom is 0.747 e. The highest BCUT2D eigenvalue weighted by Crippen LogP contribution is 2.20. The summed E-state index contributed by atoms with van der Waals surface area (Å²) in [7, 11) is -2.55. The summed E-state index contributed by atoms with van der Waals surface area (Å²) in [6.45, 7) is 0. The first-order valence-electron chi connectivity index (χ1n) is 2.53. The third-order valence-electron chi connectivity index (χ3n) is 0.833. The lowest BCUT2D eigenvalue weighted by Gasteiger charge is -1.85. The number of aromatic nitrogens is 1. The Morgan fingerprint density at radius 3 is 2.60 bits per heavy atom. The van der Waals surface area contributed by atoms with Crippen molar-refractivity contribution in [2.75, 3.05) is 0 Å². The molecule has 1 aromatic rings. The fourth-order valence-corrected chi connectivity index (χ4v) is 0.791. The van der Waals surface area contributed by atoms with E-state index in [0.717, 1.165) is 0 Å². The molecule has 1 N–H and O–H groups in total. The first-order chi connectivity index (χ1) is 4.79. The Morgan fingerprint density at radius 2 is 2.10 bits per heavy atom. The Balaban J connectivity index is 2.67. The molecule has 1 unspecified atom stereocenters. The summed E-state index contributed by atoms with van der Waals surface area (Å²) in [6.07, 6.45) is 2.96. The molecule has 0 fully saturated rings. The van der Waals surface area contributed by atoms with E-state index in [1.807, 2.05) is 0 Å². The minimum absolute atomic E-state index is 0.346. The molecule has 10 heavy (non-hydrogen) atoms. The van der Waals surface area contributed by atoms with Crippen molar-refractivity contribution in [3.8, 4) is 5.75 Å². The molecule has 0 spiro atoms. The van der Waals surface area contributed by atoms with Gasteiger partial charge in [0.15, 0.2) is 5.75 Å². The zero-order chi connectivity index (χ0) is 7.40. The molecule has 0 amide bonds. The second-order valence-electron chi connectivity index (χ2n) is 1.51. The molecule has 0 aromatic carbocycles. The van der Waals surface area contributed by atoms with Crippen LogP contribution in [0.1, 0.15) is 0 Å². The van der Waals surface area contributed by atoms with E-state index >= 15 is 0 Å². The normalized spacial score (nSPS) is 10.7. The van der Waals surface area contributed by atoms with E-state index < -0.39 is 8.25 Å². The van der Waals surface area contributed by atoms with Gasteiger partial charge in [-0.15, -0.1) is 4.89 Å². The van der Waals surface area contributed by atoms with Gasteiger partial charge >= 0.3 is 8.25 Å². The second kappa shape index (κ2) is 3.25. The van der Waals surface area contributed by atoms with Gasteiger partial charge < -0.3 is 0 Å². The van der Waals surface area contributed by atoms with Gasteiger partial charge in [-0.25, -0.2) is 4.52 Å². The van der Waals surface area contributed by atoms with E-state index in [-0.39, 0.29) is 0 Å². The average Bonchev–Trinajstić information content (AvgIpc) is 1.88. The van der Waals surface area contributed by atoms with Gasteiger partial charge in [-0.3, -0.25) is 4.98 Å². The Hall–Kier alpha value is -0.990. The molecule has 5 heteroatoms. The Morgan fingerprint density at radius 1 is 1.50 bits per heavy atom. The quantitative estimate of drug-likeness (QED) is 0.655. The van der Waals surface area contributed by atoms with Crippen LogP contribution in [0.5, 0.6) is 5.75 Å². The zero-order valence-electron chi connectivity index (χ0n) is 4.97. The minimum Gasteiger partial charge on any atom is -0.264 e. The van der Waals surface area contributed by atoms with Crippen LogP contribution in [-0.4, -0.2) is 9.88 Å². The number of hydrogen-bond donors (Lipinski definition) is 1. The van der Waals surface area contributed by atoms with Crippen LogP contribution in [0, 0.1) is 0 Å². The lowest BCUT2D eigenvalue weighted by molar-refractivity contribution is 0.410. The fourth-order valence-electron chi connectivity index (χ4n) is 0.489. The fraction of sp³-hybridized carbons (Fsp3) is 0. The molecule has 52 valence electrons. The molecule has 0 aliphatic rings. The molecule has 0 aliphatic carbocycles. The van der Waals surface area contributed by atoms with Gasteiger partial charge in [0.1, 0.15) is 0 Å². The van der Waals surface area contributed by atoms with Crippen molar-refractivity contribution in [3.05, 3.63) is 24.5 Å². The summed E-state index contributed by atoms with van der Waals surface area (Å²) in [4.78, 5) is 12.0. The van der Waals surface area contributed by atoms with Gasteiger partial charge in [0.2, 0.25) is 0 Å². The van der Waals surface area contributed by atoms with Gasteiger partial charge in [-0.1, -0.05) is 0 Å². The Kier molecular flexibility index (Phi) is 2.31. The third-order valence-corrected chi connectivity index (χ3v) is 1.20. The van der Waals surface area contributed by atoms with Gasteiger partial charge in [-0.05, 0) is 0 Å². The molecule has 0 saturated carbocycles. The monoisotopic (exact) mass is 158 g/mol. The van der Waals surface area contributed by atoms with Crippen molar-refractivity contribution in [2.24, 2.45) is 0 Å². The van der Waals surface area contributed by atoms with Crippen molar-refractivity contribution in [3.63, 3.8) is 0 Å². The highest BCUT2D eigenvalue weighted by Gasteiger charge is 2.12. The predicted molar refractivity (Wildman–Crippen MR) is 34.7 cm³/mol. The molecule has 0 radical (unpaired) electrons. The summed E-state index contributed by atoms with van der Waals surface area (Å²) in [5.41, 5.74) is 0. The number of rotatable bonds is 2. The third kappa shape index (κ3) is 2.09. The van der Waals surface area contributed by atoms with Gasteiger partial charge in [0.25, 0.3) is 0 Å². The number of hydrogen-bond acceptors (Lipinski definition) is 3. The van der Waals surface area contributed by atoms with E-state index in [1.165, 1.54) is 24.5 Å². The average molecular weight is 158 g/mol. The van der Waals surface area contributed by atoms with Crippen LogP contribution < -0.4 is 4.52 Å².